The summed E-state index contributed by atoms with van der Waals surface area (Å²) in [6.07, 6.45) is 3.37. The molecule has 3 N–H and O–H groups in total. The van der Waals surface area contributed by atoms with E-state index in [2.05, 4.69) is 26.5 Å². The molecule has 0 fully saturated rings. The number of imidazole rings is 1. The number of hydrogen-bond donors (Lipinski definition) is 2. The second-order valence-electron chi connectivity index (χ2n) is 3.60. The van der Waals surface area contributed by atoms with Crippen LogP contribution in [0, 0.1) is 0 Å². The lowest BCUT2D eigenvalue weighted by atomic mass is 10.3. The first-order chi connectivity index (χ1) is 7.63. The fraction of sp³-hybridized carbons (Fsp3) is 0.300. The third-order valence-electron chi connectivity index (χ3n) is 2.57. The molecule has 0 aliphatic rings. The summed E-state index contributed by atoms with van der Waals surface area (Å²) < 4.78 is 0. The summed E-state index contributed by atoms with van der Waals surface area (Å²) in [5.74, 6) is 0.949. The van der Waals surface area contributed by atoms with Crippen molar-refractivity contribution in [3.63, 3.8) is 0 Å². The Morgan fingerprint density at radius 3 is 3.00 bits per heavy atom. The highest BCUT2D eigenvalue weighted by Gasteiger charge is 2.13. The minimum atomic E-state index is 0.135. The van der Waals surface area contributed by atoms with Crippen molar-refractivity contribution in [2.24, 2.45) is 0 Å². The molecule has 0 saturated carbocycles. The molecule has 16 heavy (non-hydrogen) atoms. The Morgan fingerprint density at radius 2 is 2.31 bits per heavy atom. The summed E-state index contributed by atoms with van der Waals surface area (Å²) in [6, 6.07) is 0.135. The van der Waals surface area contributed by atoms with Gasteiger partial charge in [-0.05, 0) is 6.92 Å². The molecule has 0 aliphatic carbocycles. The number of nitrogens with one attached hydrogen (secondary N) is 1. The minimum absolute atomic E-state index is 0.135. The fourth-order valence-corrected chi connectivity index (χ4v) is 1.34. The zero-order valence-corrected chi connectivity index (χ0v) is 9.31. The maximum Gasteiger partial charge on any atom is 0.229 e. The van der Waals surface area contributed by atoms with Crippen molar-refractivity contribution in [1.82, 2.24) is 19.9 Å². The molecule has 0 radical (unpaired) electrons. The van der Waals surface area contributed by atoms with Gasteiger partial charge in [-0.3, -0.25) is 0 Å². The van der Waals surface area contributed by atoms with Gasteiger partial charge in [0.1, 0.15) is 5.52 Å². The average Bonchev–Trinajstić information content (AvgIpc) is 2.75. The van der Waals surface area contributed by atoms with Gasteiger partial charge in [0, 0.05) is 13.1 Å². The van der Waals surface area contributed by atoms with E-state index >= 15 is 0 Å². The number of nitrogen functional groups attached to an aromatic ring is 1. The van der Waals surface area contributed by atoms with Crippen molar-refractivity contribution in [3.8, 4) is 0 Å². The van der Waals surface area contributed by atoms with E-state index in [0.717, 1.165) is 0 Å². The Kier molecular flexibility index (Phi) is 2.47. The summed E-state index contributed by atoms with van der Waals surface area (Å²) in [4.78, 5) is 17.4. The first-order valence-electron chi connectivity index (χ1n) is 4.95. The predicted molar refractivity (Wildman–Crippen MR) is 64.2 cm³/mol. The number of aromatic nitrogens is 4. The van der Waals surface area contributed by atoms with Crippen LogP contribution in [0.4, 0.5) is 11.8 Å². The molecule has 0 amide bonds. The highest BCUT2D eigenvalue weighted by molar-refractivity contribution is 5.82. The van der Waals surface area contributed by atoms with Crippen LogP contribution >= 0.6 is 0 Å². The number of anilines is 2. The van der Waals surface area contributed by atoms with Crippen molar-refractivity contribution < 1.29 is 0 Å². The molecule has 84 valence electrons. The van der Waals surface area contributed by atoms with Gasteiger partial charge < -0.3 is 15.6 Å². The van der Waals surface area contributed by atoms with Crippen LogP contribution in [0.5, 0.6) is 0 Å². The van der Waals surface area contributed by atoms with Crippen LogP contribution in [0.1, 0.15) is 6.92 Å². The van der Waals surface area contributed by atoms with Crippen molar-refractivity contribution >= 4 is 22.9 Å². The van der Waals surface area contributed by atoms with Gasteiger partial charge in [0.05, 0.1) is 6.33 Å². The van der Waals surface area contributed by atoms with E-state index in [1.807, 2.05) is 24.9 Å². The number of nitrogens with zero attached hydrogens (tertiary/aromatic N) is 4. The normalized spacial score (nSPS) is 12.6. The highest BCUT2D eigenvalue weighted by Crippen LogP contribution is 2.18. The number of aromatic amines is 1. The quantitative estimate of drug-likeness (QED) is 0.749. The molecule has 0 aromatic carbocycles. The molecule has 1 atom stereocenters. The lowest BCUT2D eigenvalue weighted by molar-refractivity contribution is 0.793. The topological polar surface area (TPSA) is 83.7 Å². The summed E-state index contributed by atoms with van der Waals surface area (Å²) in [5, 5.41) is 0. The largest absolute Gasteiger partial charge is 0.382 e. The average molecular weight is 218 g/mol. The van der Waals surface area contributed by atoms with E-state index in [1.54, 1.807) is 6.33 Å². The molecule has 0 aliphatic heterocycles. The van der Waals surface area contributed by atoms with Gasteiger partial charge in [-0.1, -0.05) is 6.08 Å². The Balaban J connectivity index is 2.49. The fourth-order valence-electron chi connectivity index (χ4n) is 1.34. The summed E-state index contributed by atoms with van der Waals surface area (Å²) in [6.45, 7) is 5.73. The van der Waals surface area contributed by atoms with Crippen LogP contribution in [0.2, 0.25) is 0 Å². The van der Waals surface area contributed by atoms with Crippen LogP contribution < -0.4 is 10.6 Å². The number of H-pyrrole nitrogens is 1. The van der Waals surface area contributed by atoms with Crippen LogP contribution in [0.15, 0.2) is 19.0 Å². The van der Waals surface area contributed by atoms with E-state index in [1.165, 1.54) is 0 Å². The lowest BCUT2D eigenvalue weighted by Crippen LogP contribution is -2.28. The number of hydrogen-bond acceptors (Lipinski definition) is 5. The summed E-state index contributed by atoms with van der Waals surface area (Å²) in [7, 11) is 1.89. The van der Waals surface area contributed by atoms with Gasteiger partial charge >= 0.3 is 0 Å². The number of fused-ring (bicyclic) bond motifs is 1. The van der Waals surface area contributed by atoms with Crippen LogP contribution in [0.3, 0.4) is 0 Å². The molecule has 2 heterocycles. The first-order valence-corrected chi connectivity index (χ1v) is 4.95. The molecule has 2 aromatic rings. The zero-order valence-electron chi connectivity index (χ0n) is 9.31. The lowest BCUT2D eigenvalue weighted by Gasteiger charge is -2.21. The molecule has 2 aromatic heterocycles. The van der Waals surface area contributed by atoms with Crippen molar-refractivity contribution in [1.29, 1.82) is 0 Å². The van der Waals surface area contributed by atoms with Crippen LogP contribution in [0.25, 0.3) is 11.2 Å². The monoisotopic (exact) mass is 218 g/mol. The van der Waals surface area contributed by atoms with Gasteiger partial charge in [-0.2, -0.15) is 9.97 Å². The van der Waals surface area contributed by atoms with Crippen LogP contribution in [-0.4, -0.2) is 33.0 Å². The number of nitrogens with two attached hydrogens (primary N) is 1. The molecule has 2 rings (SSSR count). The van der Waals surface area contributed by atoms with Gasteiger partial charge in [0.2, 0.25) is 5.95 Å². The predicted octanol–water partition coefficient (Wildman–Crippen LogP) is 0.946. The zero-order chi connectivity index (χ0) is 11.7. The van der Waals surface area contributed by atoms with Crippen molar-refractivity contribution in [3.05, 3.63) is 19.0 Å². The van der Waals surface area contributed by atoms with E-state index in [4.69, 9.17) is 5.73 Å². The van der Waals surface area contributed by atoms with Gasteiger partial charge in [0.25, 0.3) is 0 Å². The summed E-state index contributed by atoms with van der Waals surface area (Å²) >= 11 is 0. The highest BCUT2D eigenvalue weighted by atomic mass is 15.3. The standard InChI is InChI=1S/C10H14N6/c1-4-6(2)16(3)10-14-8(11)7-9(15-10)13-5-12-7/h4-6H,1H2,2-3H3,(H3,11,12,13,14,15). The smallest absolute Gasteiger partial charge is 0.229 e. The van der Waals surface area contributed by atoms with Gasteiger partial charge in [0.15, 0.2) is 11.5 Å². The van der Waals surface area contributed by atoms with Crippen molar-refractivity contribution in [2.45, 2.75) is 13.0 Å². The molecule has 0 saturated heterocycles. The maximum atomic E-state index is 5.81. The molecule has 0 spiro atoms. The molecule has 6 heteroatoms. The van der Waals surface area contributed by atoms with E-state index < -0.39 is 0 Å². The van der Waals surface area contributed by atoms with Gasteiger partial charge in [-0.15, -0.1) is 6.58 Å². The molecular weight excluding hydrogens is 204 g/mol. The van der Waals surface area contributed by atoms with E-state index in [9.17, 15) is 0 Å². The Bertz CT molecular complexity index is 517. The summed E-state index contributed by atoms with van der Waals surface area (Å²) in [5.41, 5.74) is 7.05. The SMILES string of the molecule is C=CC(C)N(C)c1nc(N)c2[nH]cnc2n1. The Labute approximate surface area is 93.2 Å². The Morgan fingerprint density at radius 1 is 1.56 bits per heavy atom. The second kappa shape index (κ2) is 3.80. The molecule has 1 unspecified atom stereocenters. The second-order valence-corrected chi connectivity index (χ2v) is 3.60. The van der Waals surface area contributed by atoms with Gasteiger partial charge in [-0.25, -0.2) is 4.98 Å². The number of likely N-dealkylation sites (N-methyl/N-ethyl adjacent to an activating group) is 1. The molecular formula is C10H14N6. The van der Waals surface area contributed by atoms with Crippen molar-refractivity contribution in [2.75, 3.05) is 17.7 Å². The third-order valence-corrected chi connectivity index (χ3v) is 2.57. The van der Waals surface area contributed by atoms with Crippen LogP contribution in [-0.2, 0) is 0 Å². The minimum Gasteiger partial charge on any atom is -0.382 e. The molecule has 6 nitrogen and oxygen atoms in total. The Hall–Kier alpha value is -2.11. The third kappa shape index (κ3) is 1.58. The van der Waals surface area contributed by atoms with E-state index in [0.29, 0.717) is 22.9 Å². The van der Waals surface area contributed by atoms with E-state index in [-0.39, 0.29) is 6.04 Å². The maximum absolute atomic E-state index is 5.81. The first kappa shape index (κ1) is 10.4. The molecule has 0 bridgehead atoms. The number of rotatable bonds is 3.